The van der Waals surface area contributed by atoms with Crippen molar-refractivity contribution < 1.29 is 9.53 Å². The maximum atomic E-state index is 12.7. The standard InChI is InChI=1S/C20H23ClN2O2/c1-2-22-10-12-23(13-11-22)20(24)16-7-5-8-18(14-16)25-15-17-6-3-4-9-19(17)21/h3-9,14H,2,10-13,15H2,1H3. The molecule has 0 spiro atoms. The maximum absolute atomic E-state index is 12.7. The second-order valence-corrected chi connectivity index (χ2v) is 6.54. The fourth-order valence-electron chi connectivity index (χ4n) is 2.95. The van der Waals surface area contributed by atoms with Crippen molar-refractivity contribution in [3.63, 3.8) is 0 Å². The molecule has 0 aliphatic carbocycles. The van der Waals surface area contributed by atoms with Crippen LogP contribution in [-0.2, 0) is 6.61 Å². The summed E-state index contributed by atoms with van der Waals surface area (Å²) >= 11 is 6.15. The number of hydrogen-bond donors (Lipinski definition) is 0. The Morgan fingerprint density at radius 1 is 1.08 bits per heavy atom. The summed E-state index contributed by atoms with van der Waals surface area (Å²) in [6.45, 7) is 6.99. The minimum absolute atomic E-state index is 0.0685. The predicted molar refractivity (Wildman–Crippen MR) is 100 cm³/mol. The summed E-state index contributed by atoms with van der Waals surface area (Å²) in [7, 11) is 0. The quantitative estimate of drug-likeness (QED) is 0.817. The van der Waals surface area contributed by atoms with Gasteiger partial charge in [0.05, 0.1) is 0 Å². The van der Waals surface area contributed by atoms with Crippen molar-refractivity contribution >= 4 is 17.5 Å². The molecule has 0 saturated carbocycles. The summed E-state index contributed by atoms with van der Waals surface area (Å²) in [4.78, 5) is 17.0. The molecule has 0 radical (unpaired) electrons. The van der Waals surface area contributed by atoms with Crippen LogP contribution in [0.5, 0.6) is 5.75 Å². The third-order valence-corrected chi connectivity index (χ3v) is 4.91. The second kappa shape index (κ2) is 8.37. The van der Waals surface area contributed by atoms with Gasteiger partial charge in [-0.3, -0.25) is 4.79 Å². The van der Waals surface area contributed by atoms with E-state index >= 15 is 0 Å². The number of carbonyl (C=O) groups is 1. The number of piperazine rings is 1. The molecule has 0 aromatic heterocycles. The Bertz CT molecular complexity index is 727. The molecule has 4 nitrogen and oxygen atoms in total. The first-order valence-corrected chi connectivity index (χ1v) is 9.03. The molecule has 5 heteroatoms. The van der Waals surface area contributed by atoms with E-state index in [9.17, 15) is 4.79 Å². The minimum Gasteiger partial charge on any atom is -0.489 e. The number of halogens is 1. The van der Waals surface area contributed by atoms with Gasteiger partial charge in [0.1, 0.15) is 12.4 Å². The molecule has 1 saturated heterocycles. The number of ether oxygens (including phenoxy) is 1. The van der Waals surface area contributed by atoms with Crippen LogP contribution in [-0.4, -0.2) is 48.4 Å². The summed E-state index contributed by atoms with van der Waals surface area (Å²) in [6, 6.07) is 15.0. The molecule has 25 heavy (non-hydrogen) atoms. The highest BCUT2D eigenvalue weighted by Crippen LogP contribution is 2.20. The lowest BCUT2D eigenvalue weighted by Gasteiger charge is -2.34. The van der Waals surface area contributed by atoms with E-state index < -0.39 is 0 Å². The number of likely N-dealkylation sites (N-methyl/N-ethyl adjacent to an activating group) is 1. The van der Waals surface area contributed by atoms with E-state index in [0.717, 1.165) is 38.3 Å². The van der Waals surface area contributed by atoms with Crippen LogP contribution in [0.25, 0.3) is 0 Å². The minimum atomic E-state index is 0.0685. The molecule has 0 atom stereocenters. The number of benzene rings is 2. The zero-order valence-corrected chi connectivity index (χ0v) is 15.2. The molecule has 0 bridgehead atoms. The number of carbonyl (C=O) groups excluding carboxylic acids is 1. The largest absolute Gasteiger partial charge is 0.489 e. The van der Waals surface area contributed by atoms with Crippen LogP contribution in [0.2, 0.25) is 5.02 Å². The molecule has 2 aromatic rings. The Balaban J connectivity index is 1.63. The van der Waals surface area contributed by atoms with E-state index in [1.54, 1.807) is 0 Å². The molecule has 1 aliphatic rings. The van der Waals surface area contributed by atoms with Crippen LogP contribution in [0, 0.1) is 0 Å². The first-order valence-electron chi connectivity index (χ1n) is 8.65. The average Bonchev–Trinajstić information content (AvgIpc) is 2.67. The van der Waals surface area contributed by atoms with E-state index in [4.69, 9.17) is 16.3 Å². The van der Waals surface area contributed by atoms with Crippen LogP contribution in [0.15, 0.2) is 48.5 Å². The highest BCUT2D eigenvalue weighted by atomic mass is 35.5. The number of nitrogens with zero attached hydrogens (tertiary/aromatic N) is 2. The van der Waals surface area contributed by atoms with Crippen LogP contribution in [0.4, 0.5) is 0 Å². The number of rotatable bonds is 5. The Kier molecular flexibility index (Phi) is 5.95. The van der Waals surface area contributed by atoms with E-state index in [1.165, 1.54) is 0 Å². The SMILES string of the molecule is CCN1CCN(C(=O)c2cccc(OCc3ccccc3Cl)c2)CC1. The third-order valence-electron chi connectivity index (χ3n) is 4.54. The number of amides is 1. The number of hydrogen-bond acceptors (Lipinski definition) is 3. The van der Waals surface area contributed by atoms with Crippen molar-refractivity contribution in [3.05, 3.63) is 64.7 Å². The summed E-state index contributed by atoms with van der Waals surface area (Å²) in [5, 5.41) is 0.684. The monoisotopic (exact) mass is 358 g/mol. The molecule has 1 aliphatic heterocycles. The highest BCUT2D eigenvalue weighted by Gasteiger charge is 2.21. The molecule has 3 rings (SSSR count). The third kappa shape index (κ3) is 4.53. The lowest BCUT2D eigenvalue weighted by atomic mass is 10.1. The summed E-state index contributed by atoms with van der Waals surface area (Å²) in [5.74, 6) is 0.747. The van der Waals surface area contributed by atoms with Crippen molar-refractivity contribution in [2.24, 2.45) is 0 Å². The maximum Gasteiger partial charge on any atom is 0.254 e. The first kappa shape index (κ1) is 17.8. The Morgan fingerprint density at radius 2 is 1.84 bits per heavy atom. The zero-order valence-electron chi connectivity index (χ0n) is 14.5. The average molecular weight is 359 g/mol. The van der Waals surface area contributed by atoms with Gasteiger partial charge >= 0.3 is 0 Å². The zero-order chi connectivity index (χ0) is 17.6. The lowest BCUT2D eigenvalue weighted by Crippen LogP contribution is -2.48. The fraction of sp³-hybridized carbons (Fsp3) is 0.350. The highest BCUT2D eigenvalue weighted by molar-refractivity contribution is 6.31. The Labute approximate surface area is 154 Å². The van der Waals surface area contributed by atoms with Crippen molar-refractivity contribution in [2.75, 3.05) is 32.7 Å². The van der Waals surface area contributed by atoms with Gasteiger partial charge in [-0.05, 0) is 30.8 Å². The van der Waals surface area contributed by atoms with Crippen LogP contribution in [0.1, 0.15) is 22.8 Å². The van der Waals surface area contributed by atoms with Gasteiger partial charge in [-0.2, -0.15) is 0 Å². The van der Waals surface area contributed by atoms with Gasteiger partial charge in [0.15, 0.2) is 0 Å². The van der Waals surface area contributed by atoms with E-state index in [1.807, 2.05) is 53.4 Å². The van der Waals surface area contributed by atoms with Crippen molar-refractivity contribution in [3.8, 4) is 5.75 Å². The molecular formula is C20H23ClN2O2. The predicted octanol–water partition coefficient (Wildman–Crippen LogP) is 3.70. The topological polar surface area (TPSA) is 32.8 Å². The molecule has 2 aromatic carbocycles. The van der Waals surface area contributed by atoms with Gasteiger partial charge in [0.2, 0.25) is 0 Å². The Morgan fingerprint density at radius 3 is 2.56 bits per heavy atom. The molecule has 1 amide bonds. The van der Waals surface area contributed by atoms with Crippen molar-refractivity contribution in [1.29, 1.82) is 0 Å². The lowest BCUT2D eigenvalue weighted by molar-refractivity contribution is 0.0643. The first-order chi connectivity index (χ1) is 12.2. The molecule has 0 N–H and O–H groups in total. The molecule has 1 fully saturated rings. The van der Waals surface area contributed by atoms with Crippen LogP contribution < -0.4 is 4.74 Å². The fourth-order valence-corrected chi connectivity index (χ4v) is 3.14. The van der Waals surface area contributed by atoms with Crippen LogP contribution >= 0.6 is 11.6 Å². The van der Waals surface area contributed by atoms with Gasteiger partial charge in [-0.1, -0.05) is 42.8 Å². The van der Waals surface area contributed by atoms with Crippen molar-refractivity contribution in [1.82, 2.24) is 9.80 Å². The molecular weight excluding hydrogens is 336 g/mol. The summed E-state index contributed by atoms with van der Waals surface area (Å²) in [5.41, 5.74) is 1.60. The molecule has 132 valence electrons. The van der Waals surface area contributed by atoms with Gasteiger partial charge in [-0.25, -0.2) is 0 Å². The summed E-state index contributed by atoms with van der Waals surface area (Å²) < 4.78 is 5.82. The van der Waals surface area contributed by atoms with Crippen LogP contribution in [0.3, 0.4) is 0 Å². The molecule has 0 unspecified atom stereocenters. The smallest absolute Gasteiger partial charge is 0.254 e. The van der Waals surface area contributed by atoms with Gasteiger partial charge in [0.25, 0.3) is 5.91 Å². The summed E-state index contributed by atoms with van der Waals surface area (Å²) in [6.07, 6.45) is 0. The van der Waals surface area contributed by atoms with Crippen molar-refractivity contribution in [2.45, 2.75) is 13.5 Å². The Hall–Kier alpha value is -2.04. The van der Waals surface area contributed by atoms with Gasteiger partial charge < -0.3 is 14.5 Å². The molecule has 1 heterocycles. The second-order valence-electron chi connectivity index (χ2n) is 6.13. The van der Waals surface area contributed by atoms with Gasteiger partial charge in [0, 0.05) is 42.3 Å². The normalized spacial score (nSPS) is 15.2. The van der Waals surface area contributed by atoms with E-state index in [-0.39, 0.29) is 5.91 Å². The van der Waals surface area contributed by atoms with E-state index in [2.05, 4.69) is 11.8 Å². The van der Waals surface area contributed by atoms with E-state index in [0.29, 0.717) is 22.9 Å². The van der Waals surface area contributed by atoms with Gasteiger partial charge in [-0.15, -0.1) is 0 Å².